The van der Waals surface area contributed by atoms with Crippen molar-refractivity contribution < 1.29 is 4.79 Å². The zero-order valence-electron chi connectivity index (χ0n) is 11.7. The van der Waals surface area contributed by atoms with E-state index in [1.54, 1.807) is 11.8 Å². The van der Waals surface area contributed by atoms with Gasteiger partial charge in [0.05, 0.1) is 5.75 Å². The third-order valence-electron chi connectivity index (χ3n) is 3.38. The Labute approximate surface area is 129 Å². The van der Waals surface area contributed by atoms with Crippen molar-refractivity contribution in [2.24, 2.45) is 0 Å². The van der Waals surface area contributed by atoms with Gasteiger partial charge in [0.1, 0.15) is 0 Å². The Bertz CT molecular complexity index is 455. The SMILES string of the molecule is CC1CC(NC(=O)CSCc2cccc(Cl)c2)CCN1. The molecule has 1 saturated heterocycles. The molecule has 1 aromatic carbocycles. The molecule has 0 spiro atoms. The molecule has 1 aliphatic heterocycles. The zero-order chi connectivity index (χ0) is 14.4. The van der Waals surface area contributed by atoms with Gasteiger partial charge in [0.2, 0.25) is 5.91 Å². The molecular weight excluding hydrogens is 292 g/mol. The molecule has 0 bridgehead atoms. The van der Waals surface area contributed by atoms with Crippen LogP contribution in [0.4, 0.5) is 0 Å². The van der Waals surface area contributed by atoms with Crippen LogP contribution in [-0.2, 0) is 10.5 Å². The number of piperidine rings is 1. The minimum atomic E-state index is 0.135. The van der Waals surface area contributed by atoms with Gasteiger partial charge in [-0.2, -0.15) is 0 Å². The van der Waals surface area contributed by atoms with Crippen molar-refractivity contribution in [2.75, 3.05) is 12.3 Å². The second-order valence-electron chi connectivity index (χ2n) is 5.27. The molecule has 0 saturated carbocycles. The number of amides is 1. The smallest absolute Gasteiger partial charge is 0.230 e. The summed E-state index contributed by atoms with van der Waals surface area (Å²) in [4.78, 5) is 11.9. The van der Waals surface area contributed by atoms with E-state index >= 15 is 0 Å². The molecule has 1 fully saturated rings. The van der Waals surface area contributed by atoms with E-state index in [2.05, 4.69) is 17.6 Å². The molecular formula is C15H21ClN2OS. The summed E-state index contributed by atoms with van der Waals surface area (Å²) >= 11 is 7.56. The molecule has 20 heavy (non-hydrogen) atoms. The standard InChI is InChI=1S/C15H21ClN2OS/c1-11-7-14(5-6-17-11)18-15(19)10-20-9-12-3-2-4-13(16)8-12/h2-4,8,11,14,17H,5-7,9-10H2,1H3,(H,18,19). The van der Waals surface area contributed by atoms with Gasteiger partial charge in [0, 0.05) is 22.9 Å². The fraction of sp³-hybridized carbons (Fsp3) is 0.533. The van der Waals surface area contributed by atoms with Crippen molar-refractivity contribution in [1.82, 2.24) is 10.6 Å². The minimum absolute atomic E-state index is 0.135. The van der Waals surface area contributed by atoms with Gasteiger partial charge in [0.15, 0.2) is 0 Å². The fourth-order valence-electron chi connectivity index (χ4n) is 2.42. The van der Waals surface area contributed by atoms with Gasteiger partial charge in [0.25, 0.3) is 0 Å². The Morgan fingerprint density at radius 1 is 1.55 bits per heavy atom. The lowest BCUT2D eigenvalue weighted by atomic mass is 10.0. The first kappa shape index (κ1) is 15.7. The van der Waals surface area contributed by atoms with Gasteiger partial charge >= 0.3 is 0 Å². The van der Waals surface area contributed by atoms with Gasteiger partial charge in [-0.3, -0.25) is 4.79 Å². The number of carbonyl (C=O) groups excluding carboxylic acids is 1. The predicted octanol–water partition coefficient (Wildman–Crippen LogP) is 2.83. The summed E-state index contributed by atoms with van der Waals surface area (Å²) in [6.45, 7) is 3.15. The first-order valence-corrected chi connectivity index (χ1v) is 8.51. The largest absolute Gasteiger partial charge is 0.353 e. The van der Waals surface area contributed by atoms with Crippen molar-refractivity contribution >= 4 is 29.3 Å². The highest BCUT2D eigenvalue weighted by atomic mass is 35.5. The zero-order valence-corrected chi connectivity index (χ0v) is 13.3. The average Bonchev–Trinajstić information content (AvgIpc) is 2.38. The molecule has 2 atom stereocenters. The van der Waals surface area contributed by atoms with Crippen LogP contribution in [0, 0.1) is 0 Å². The molecule has 0 aromatic heterocycles. The Balaban J connectivity index is 1.67. The summed E-state index contributed by atoms with van der Waals surface area (Å²) in [5.74, 6) is 1.46. The maximum Gasteiger partial charge on any atom is 0.230 e. The van der Waals surface area contributed by atoms with E-state index in [1.165, 1.54) is 0 Å². The van der Waals surface area contributed by atoms with Crippen LogP contribution in [0.5, 0.6) is 0 Å². The van der Waals surface area contributed by atoms with E-state index in [4.69, 9.17) is 11.6 Å². The van der Waals surface area contributed by atoms with Crippen LogP contribution in [0.25, 0.3) is 0 Å². The lowest BCUT2D eigenvalue weighted by molar-refractivity contribution is -0.119. The van der Waals surface area contributed by atoms with E-state index < -0.39 is 0 Å². The third kappa shape index (κ3) is 5.35. The molecule has 0 radical (unpaired) electrons. The number of thioether (sulfide) groups is 1. The summed E-state index contributed by atoms with van der Waals surface area (Å²) in [6.07, 6.45) is 2.04. The predicted molar refractivity (Wildman–Crippen MR) is 86.2 cm³/mol. The van der Waals surface area contributed by atoms with Crippen LogP contribution in [0.3, 0.4) is 0 Å². The first-order valence-electron chi connectivity index (χ1n) is 6.98. The molecule has 1 heterocycles. The Morgan fingerprint density at radius 3 is 3.15 bits per heavy atom. The molecule has 1 aromatic rings. The van der Waals surface area contributed by atoms with Crippen molar-refractivity contribution in [3.63, 3.8) is 0 Å². The van der Waals surface area contributed by atoms with E-state index in [-0.39, 0.29) is 5.91 Å². The lowest BCUT2D eigenvalue weighted by Gasteiger charge is -2.28. The van der Waals surface area contributed by atoms with Crippen LogP contribution in [0.15, 0.2) is 24.3 Å². The van der Waals surface area contributed by atoms with Gasteiger partial charge in [-0.1, -0.05) is 23.7 Å². The molecule has 3 nitrogen and oxygen atoms in total. The fourth-order valence-corrected chi connectivity index (χ4v) is 3.42. The summed E-state index contributed by atoms with van der Waals surface area (Å²) in [5, 5.41) is 7.25. The highest BCUT2D eigenvalue weighted by Crippen LogP contribution is 2.16. The first-order chi connectivity index (χ1) is 9.63. The number of carbonyl (C=O) groups is 1. The van der Waals surface area contributed by atoms with E-state index in [0.29, 0.717) is 17.8 Å². The molecule has 2 unspecified atom stereocenters. The normalized spacial score (nSPS) is 22.5. The molecule has 1 aliphatic rings. The molecule has 0 aliphatic carbocycles. The molecule has 2 N–H and O–H groups in total. The second kappa shape index (κ2) is 7.91. The van der Waals surface area contributed by atoms with Crippen molar-refractivity contribution in [2.45, 2.75) is 37.6 Å². The van der Waals surface area contributed by atoms with E-state index in [1.807, 2.05) is 24.3 Å². The van der Waals surface area contributed by atoms with E-state index in [9.17, 15) is 4.79 Å². The van der Waals surface area contributed by atoms with Crippen molar-refractivity contribution in [3.8, 4) is 0 Å². The summed E-state index contributed by atoms with van der Waals surface area (Å²) in [6, 6.07) is 8.60. The monoisotopic (exact) mass is 312 g/mol. The van der Waals surface area contributed by atoms with Crippen LogP contribution in [0.1, 0.15) is 25.3 Å². The Morgan fingerprint density at radius 2 is 2.40 bits per heavy atom. The highest BCUT2D eigenvalue weighted by Gasteiger charge is 2.19. The van der Waals surface area contributed by atoms with Crippen LogP contribution in [0.2, 0.25) is 5.02 Å². The van der Waals surface area contributed by atoms with Crippen LogP contribution >= 0.6 is 23.4 Å². The number of halogens is 1. The van der Waals surface area contributed by atoms with Crippen molar-refractivity contribution in [1.29, 1.82) is 0 Å². The molecule has 5 heteroatoms. The number of hydrogen-bond acceptors (Lipinski definition) is 3. The average molecular weight is 313 g/mol. The minimum Gasteiger partial charge on any atom is -0.353 e. The highest BCUT2D eigenvalue weighted by molar-refractivity contribution is 7.99. The molecule has 1 amide bonds. The number of nitrogens with one attached hydrogen (secondary N) is 2. The maximum atomic E-state index is 11.9. The Hall–Kier alpha value is -0.710. The lowest BCUT2D eigenvalue weighted by Crippen LogP contribution is -2.47. The van der Waals surface area contributed by atoms with E-state index in [0.717, 1.165) is 35.7 Å². The molecule has 110 valence electrons. The number of rotatable bonds is 5. The topological polar surface area (TPSA) is 41.1 Å². The summed E-state index contributed by atoms with van der Waals surface area (Å²) in [5.41, 5.74) is 1.16. The second-order valence-corrected chi connectivity index (χ2v) is 6.69. The van der Waals surface area contributed by atoms with Crippen LogP contribution < -0.4 is 10.6 Å². The van der Waals surface area contributed by atoms with Crippen LogP contribution in [-0.4, -0.2) is 30.3 Å². The number of hydrogen-bond donors (Lipinski definition) is 2. The summed E-state index contributed by atoms with van der Waals surface area (Å²) < 4.78 is 0. The Kier molecular flexibility index (Phi) is 6.20. The van der Waals surface area contributed by atoms with Gasteiger partial charge in [-0.15, -0.1) is 11.8 Å². The van der Waals surface area contributed by atoms with Gasteiger partial charge in [-0.05, 0) is 44.0 Å². The maximum absolute atomic E-state index is 11.9. The van der Waals surface area contributed by atoms with Crippen molar-refractivity contribution in [3.05, 3.63) is 34.9 Å². The van der Waals surface area contributed by atoms with Gasteiger partial charge < -0.3 is 10.6 Å². The summed E-state index contributed by atoms with van der Waals surface area (Å²) in [7, 11) is 0. The quantitative estimate of drug-likeness (QED) is 0.878. The third-order valence-corrected chi connectivity index (χ3v) is 4.62. The van der Waals surface area contributed by atoms with Gasteiger partial charge in [-0.25, -0.2) is 0 Å². The number of benzene rings is 1. The molecule has 2 rings (SSSR count).